The number of hydrogen-bond donors (Lipinski definition) is 1. The molecule has 1 N–H and O–H groups in total. The van der Waals surface area contributed by atoms with E-state index in [0.29, 0.717) is 6.10 Å². The lowest BCUT2D eigenvalue weighted by atomic mass is 9.97. The van der Waals surface area contributed by atoms with Crippen LogP contribution in [0.15, 0.2) is 16.8 Å². The summed E-state index contributed by atoms with van der Waals surface area (Å²) < 4.78 is 5.89. The van der Waals surface area contributed by atoms with Crippen LogP contribution in [-0.4, -0.2) is 44.2 Å². The third kappa shape index (κ3) is 3.12. The Labute approximate surface area is 113 Å². The Morgan fingerprint density at radius 3 is 3.06 bits per heavy atom. The van der Waals surface area contributed by atoms with Crippen molar-refractivity contribution in [2.24, 2.45) is 5.92 Å². The second-order valence-electron chi connectivity index (χ2n) is 5.37. The number of thiophene rings is 1. The largest absolute Gasteiger partial charge is 0.371 e. The molecule has 3 heterocycles. The standard InChI is InChI=1S/C14H22N2OS/c1-4-15-5-2-12(1)9-16-6-7-17-14(10-16)13-3-8-18-11-13/h3,8,11-12,14-15H,1-2,4-7,9-10H2. The van der Waals surface area contributed by atoms with Crippen LogP contribution < -0.4 is 5.32 Å². The van der Waals surface area contributed by atoms with Gasteiger partial charge in [0, 0.05) is 19.6 Å². The van der Waals surface area contributed by atoms with Gasteiger partial charge in [-0.2, -0.15) is 11.3 Å². The number of morpholine rings is 1. The van der Waals surface area contributed by atoms with E-state index < -0.39 is 0 Å². The number of ether oxygens (including phenoxy) is 1. The van der Waals surface area contributed by atoms with Crippen LogP contribution in [0, 0.1) is 5.92 Å². The molecular weight excluding hydrogens is 244 g/mol. The van der Waals surface area contributed by atoms with Crippen LogP contribution in [0.5, 0.6) is 0 Å². The minimum absolute atomic E-state index is 0.298. The Kier molecular flexibility index (Phi) is 4.31. The van der Waals surface area contributed by atoms with Gasteiger partial charge in [0.05, 0.1) is 12.7 Å². The first-order valence-corrected chi connectivity index (χ1v) is 7.93. The molecule has 100 valence electrons. The van der Waals surface area contributed by atoms with Gasteiger partial charge in [0.15, 0.2) is 0 Å². The fourth-order valence-corrected chi connectivity index (χ4v) is 3.66. The Morgan fingerprint density at radius 2 is 2.28 bits per heavy atom. The summed E-state index contributed by atoms with van der Waals surface area (Å²) in [5.41, 5.74) is 1.36. The molecule has 2 aliphatic heterocycles. The lowest BCUT2D eigenvalue weighted by molar-refractivity contribution is -0.0354. The van der Waals surface area contributed by atoms with Crippen LogP contribution in [-0.2, 0) is 4.74 Å². The van der Waals surface area contributed by atoms with Crippen LogP contribution in [0.4, 0.5) is 0 Å². The summed E-state index contributed by atoms with van der Waals surface area (Å²) in [6.45, 7) is 6.70. The van der Waals surface area contributed by atoms with E-state index in [2.05, 4.69) is 27.0 Å². The van der Waals surface area contributed by atoms with Gasteiger partial charge in [-0.1, -0.05) is 0 Å². The maximum Gasteiger partial charge on any atom is 0.0960 e. The molecule has 1 unspecified atom stereocenters. The van der Waals surface area contributed by atoms with E-state index in [9.17, 15) is 0 Å². The normalized spacial score (nSPS) is 27.4. The van der Waals surface area contributed by atoms with E-state index in [0.717, 1.165) is 25.6 Å². The predicted octanol–water partition coefficient (Wildman–Crippen LogP) is 2.12. The number of hydrogen-bond acceptors (Lipinski definition) is 4. The number of rotatable bonds is 3. The molecule has 2 saturated heterocycles. The lowest BCUT2D eigenvalue weighted by Gasteiger charge is -2.36. The molecule has 1 aromatic heterocycles. The van der Waals surface area contributed by atoms with Crippen molar-refractivity contribution in [2.45, 2.75) is 18.9 Å². The lowest BCUT2D eigenvalue weighted by Crippen LogP contribution is -2.42. The van der Waals surface area contributed by atoms with Crippen molar-refractivity contribution in [1.82, 2.24) is 10.2 Å². The number of piperidine rings is 1. The van der Waals surface area contributed by atoms with Gasteiger partial charge in [0.1, 0.15) is 0 Å². The van der Waals surface area contributed by atoms with Gasteiger partial charge in [-0.05, 0) is 54.2 Å². The molecule has 1 atom stereocenters. The fourth-order valence-electron chi connectivity index (χ4n) is 2.96. The molecular formula is C14H22N2OS. The zero-order chi connectivity index (χ0) is 12.2. The highest BCUT2D eigenvalue weighted by atomic mass is 32.1. The predicted molar refractivity (Wildman–Crippen MR) is 75.0 cm³/mol. The van der Waals surface area contributed by atoms with Gasteiger partial charge in [-0.25, -0.2) is 0 Å². The monoisotopic (exact) mass is 266 g/mol. The first kappa shape index (κ1) is 12.6. The fraction of sp³-hybridized carbons (Fsp3) is 0.714. The van der Waals surface area contributed by atoms with E-state index in [4.69, 9.17) is 4.74 Å². The topological polar surface area (TPSA) is 24.5 Å². The Balaban J connectivity index is 1.53. The molecule has 0 spiro atoms. The summed E-state index contributed by atoms with van der Waals surface area (Å²) in [7, 11) is 0. The molecule has 0 aliphatic carbocycles. The number of nitrogens with zero attached hydrogens (tertiary/aromatic N) is 1. The Hall–Kier alpha value is -0.420. The Morgan fingerprint density at radius 1 is 1.39 bits per heavy atom. The summed E-state index contributed by atoms with van der Waals surface area (Å²) in [5, 5.41) is 7.81. The first-order chi connectivity index (χ1) is 8.92. The van der Waals surface area contributed by atoms with E-state index in [-0.39, 0.29) is 0 Å². The van der Waals surface area contributed by atoms with Crippen molar-refractivity contribution in [3.05, 3.63) is 22.4 Å². The third-order valence-corrected chi connectivity index (χ3v) is 4.74. The second kappa shape index (κ2) is 6.15. The van der Waals surface area contributed by atoms with Gasteiger partial charge in [0.2, 0.25) is 0 Å². The Bertz CT molecular complexity index is 349. The zero-order valence-corrected chi connectivity index (χ0v) is 11.6. The SMILES string of the molecule is c1cc(C2CN(CC3CCNCC3)CCO2)cs1. The maximum atomic E-state index is 5.89. The number of nitrogens with one attached hydrogen (secondary N) is 1. The molecule has 0 bridgehead atoms. The zero-order valence-electron chi connectivity index (χ0n) is 10.8. The van der Waals surface area contributed by atoms with E-state index in [1.165, 1.54) is 38.0 Å². The highest BCUT2D eigenvalue weighted by molar-refractivity contribution is 7.07. The van der Waals surface area contributed by atoms with Crippen molar-refractivity contribution in [3.8, 4) is 0 Å². The van der Waals surface area contributed by atoms with Crippen LogP contribution in [0.2, 0.25) is 0 Å². The second-order valence-corrected chi connectivity index (χ2v) is 6.15. The van der Waals surface area contributed by atoms with Crippen LogP contribution in [0.1, 0.15) is 24.5 Å². The molecule has 3 nitrogen and oxygen atoms in total. The summed E-state index contributed by atoms with van der Waals surface area (Å²) in [5.74, 6) is 0.882. The molecule has 0 radical (unpaired) electrons. The molecule has 4 heteroatoms. The van der Waals surface area contributed by atoms with Crippen molar-refractivity contribution in [2.75, 3.05) is 39.3 Å². The summed E-state index contributed by atoms with van der Waals surface area (Å²) >= 11 is 1.76. The van der Waals surface area contributed by atoms with Crippen LogP contribution in [0.25, 0.3) is 0 Å². The van der Waals surface area contributed by atoms with Gasteiger partial charge in [-0.15, -0.1) is 0 Å². The quantitative estimate of drug-likeness (QED) is 0.907. The molecule has 0 amide bonds. The molecule has 3 rings (SSSR count). The van der Waals surface area contributed by atoms with E-state index >= 15 is 0 Å². The summed E-state index contributed by atoms with van der Waals surface area (Å²) in [6.07, 6.45) is 2.97. The van der Waals surface area contributed by atoms with Crippen molar-refractivity contribution < 1.29 is 4.74 Å². The summed E-state index contributed by atoms with van der Waals surface area (Å²) in [6, 6.07) is 2.20. The smallest absolute Gasteiger partial charge is 0.0960 e. The van der Waals surface area contributed by atoms with Gasteiger partial charge in [0.25, 0.3) is 0 Å². The van der Waals surface area contributed by atoms with Gasteiger partial charge in [-0.3, -0.25) is 4.90 Å². The third-order valence-electron chi connectivity index (χ3n) is 4.04. The van der Waals surface area contributed by atoms with Crippen molar-refractivity contribution in [1.29, 1.82) is 0 Å². The molecule has 2 aliphatic rings. The molecule has 0 saturated carbocycles. The first-order valence-electron chi connectivity index (χ1n) is 6.98. The molecule has 0 aromatic carbocycles. The highest BCUT2D eigenvalue weighted by Gasteiger charge is 2.24. The molecule has 1 aromatic rings. The van der Waals surface area contributed by atoms with Crippen molar-refractivity contribution >= 4 is 11.3 Å². The van der Waals surface area contributed by atoms with Gasteiger partial charge < -0.3 is 10.1 Å². The van der Waals surface area contributed by atoms with Crippen LogP contribution in [0.3, 0.4) is 0 Å². The molecule has 18 heavy (non-hydrogen) atoms. The van der Waals surface area contributed by atoms with Crippen molar-refractivity contribution in [3.63, 3.8) is 0 Å². The average Bonchev–Trinajstić information content (AvgIpc) is 2.94. The van der Waals surface area contributed by atoms with E-state index in [1.54, 1.807) is 11.3 Å². The van der Waals surface area contributed by atoms with E-state index in [1.807, 2.05) is 0 Å². The minimum atomic E-state index is 0.298. The summed E-state index contributed by atoms with van der Waals surface area (Å²) in [4.78, 5) is 2.60. The van der Waals surface area contributed by atoms with Gasteiger partial charge >= 0.3 is 0 Å². The maximum absolute atomic E-state index is 5.89. The minimum Gasteiger partial charge on any atom is -0.371 e. The average molecular weight is 266 g/mol. The highest BCUT2D eigenvalue weighted by Crippen LogP contribution is 2.25. The molecule has 2 fully saturated rings. The van der Waals surface area contributed by atoms with Crippen LogP contribution >= 0.6 is 11.3 Å².